The summed E-state index contributed by atoms with van der Waals surface area (Å²) in [5, 5.41) is 7.29. The van der Waals surface area contributed by atoms with E-state index in [1.807, 2.05) is 86.6 Å². The fraction of sp³-hybridized carbons (Fsp3) is 0.118. The zero-order valence-electron chi connectivity index (χ0n) is 24.5. The molecule has 1 N–H and O–H groups in total. The summed E-state index contributed by atoms with van der Waals surface area (Å²) in [5.41, 5.74) is 1.16. The molecule has 45 heavy (non-hydrogen) atoms. The molecular weight excluding hydrogens is 631 g/mol. The second-order valence-electron chi connectivity index (χ2n) is 9.37. The molecule has 0 saturated heterocycles. The van der Waals surface area contributed by atoms with Crippen molar-refractivity contribution in [3.8, 4) is 0 Å². The lowest BCUT2D eigenvalue weighted by molar-refractivity contribution is 0.0987. The number of nitrogens with one attached hydrogen (secondary N) is 1. The minimum absolute atomic E-state index is 0.108. The molecule has 6 rings (SSSR count). The largest absolute Gasteiger partial charge is 0.370 e. The molecular formula is C34H29Cl3N6O2. The Morgan fingerprint density at radius 1 is 0.689 bits per heavy atom. The number of halogens is 3. The van der Waals surface area contributed by atoms with Crippen molar-refractivity contribution >= 4 is 79.1 Å². The van der Waals surface area contributed by atoms with Crippen LogP contribution in [-0.2, 0) is 0 Å². The van der Waals surface area contributed by atoms with Crippen LogP contribution in [0.5, 0.6) is 0 Å². The predicted octanol–water partition coefficient (Wildman–Crippen LogP) is 8.73. The SMILES string of the molecule is CCN(C(=O)c1ccc2ccccc2c1)c1ccnc(Cl)n1.CCNc1ccnc(Cl)n1.O=C(Cl)c1ccc2ccccc2c1. The van der Waals surface area contributed by atoms with E-state index < -0.39 is 5.24 Å². The van der Waals surface area contributed by atoms with Gasteiger partial charge in [0.1, 0.15) is 11.6 Å². The monoisotopic (exact) mass is 658 g/mol. The highest BCUT2D eigenvalue weighted by atomic mass is 35.5. The summed E-state index contributed by atoms with van der Waals surface area (Å²) >= 11 is 16.7. The summed E-state index contributed by atoms with van der Waals surface area (Å²) in [7, 11) is 0. The third-order valence-electron chi connectivity index (χ3n) is 6.41. The van der Waals surface area contributed by atoms with Gasteiger partial charge in [0, 0.05) is 36.6 Å². The summed E-state index contributed by atoms with van der Waals surface area (Å²) in [5.74, 6) is 1.16. The van der Waals surface area contributed by atoms with Gasteiger partial charge in [-0.3, -0.25) is 14.5 Å². The highest BCUT2D eigenvalue weighted by molar-refractivity contribution is 6.67. The van der Waals surface area contributed by atoms with Gasteiger partial charge in [-0.25, -0.2) is 19.9 Å². The van der Waals surface area contributed by atoms with E-state index in [4.69, 9.17) is 34.8 Å². The van der Waals surface area contributed by atoms with E-state index in [0.29, 0.717) is 23.5 Å². The van der Waals surface area contributed by atoms with Gasteiger partial charge in [-0.1, -0.05) is 60.7 Å². The summed E-state index contributed by atoms with van der Waals surface area (Å²) < 4.78 is 0. The molecule has 2 aromatic heterocycles. The minimum atomic E-state index is -0.411. The predicted molar refractivity (Wildman–Crippen MR) is 184 cm³/mol. The van der Waals surface area contributed by atoms with Gasteiger partial charge in [-0.2, -0.15) is 0 Å². The molecule has 0 unspecified atom stereocenters. The number of hydrogen-bond acceptors (Lipinski definition) is 7. The van der Waals surface area contributed by atoms with Crippen molar-refractivity contribution in [2.45, 2.75) is 13.8 Å². The second kappa shape index (κ2) is 16.4. The van der Waals surface area contributed by atoms with E-state index in [9.17, 15) is 9.59 Å². The Morgan fingerprint density at radius 3 is 1.76 bits per heavy atom. The molecule has 0 atom stereocenters. The van der Waals surface area contributed by atoms with Crippen LogP contribution in [0.2, 0.25) is 10.6 Å². The number of anilines is 2. The van der Waals surface area contributed by atoms with E-state index in [1.54, 1.807) is 41.6 Å². The molecule has 228 valence electrons. The van der Waals surface area contributed by atoms with Crippen molar-refractivity contribution in [1.29, 1.82) is 0 Å². The van der Waals surface area contributed by atoms with Gasteiger partial charge in [-0.05, 0) is 107 Å². The summed E-state index contributed by atoms with van der Waals surface area (Å²) in [4.78, 5) is 40.8. The Labute approximate surface area is 276 Å². The Morgan fingerprint density at radius 2 is 1.22 bits per heavy atom. The van der Waals surface area contributed by atoms with E-state index in [2.05, 4.69) is 25.3 Å². The first-order chi connectivity index (χ1) is 21.8. The third kappa shape index (κ3) is 9.43. The van der Waals surface area contributed by atoms with Crippen LogP contribution in [0.4, 0.5) is 11.6 Å². The number of carbonyl (C=O) groups excluding carboxylic acids is 2. The molecule has 0 fully saturated rings. The Bertz CT molecular complexity index is 1920. The topological polar surface area (TPSA) is 101 Å². The van der Waals surface area contributed by atoms with Gasteiger partial charge in [0.25, 0.3) is 11.1 Å². The van der Waals surface area contributed by atoms with Gasteiger partial charge < -0.3 is 5.32 Å². The van der Waals surface area contributed by atoms with Crippen molar-refractivity contribution in [3.05, 3.63) is 131 Å². The Kier molecular flexibility index (Phi) is 12.2. The number of fused-ring (bicyclic) bond motifs is 2. The molecule has 0 spiro atoms. The number of carbonyl (C=O) groups is 2. The van der Waals surface area contributed by atoms with Gasteiger partial charge >= 0.3 is 0 Å². The minimum Gasteiger partial charge on any atom is -0.370 e. The summed E-state index contributed by atoms with van der Waals surface area (Å²) in [6.07, 6.45) is 3.16. The average molecular weight is 660 g/mol. The molecule has 0 saturated carbocycles. The molecule has 6 aromatic rings. The van der Waals surface area contributed by atoms with Gasteiger partial charge in [0.2, 0.25) is 10.6 Å². The maximum atomic E-state index is 12.8. The van der Waals surface area contributed by atoms with Crippen LogP contribution in [0.1, 0.15) is 34.6 Å². The lowest BCUT2D eigenvalue weighted by Gasteiger charge is -2.20. The highest BCUT2D eigenvalue weighted by Crippen LogP contribution is 2.20. The smallest absolute Gasteiger partial charge is 0.259 e. The van der Waals surface area contributed by atoms with E-state index in [-0.39, 0.29) is 16.5 Å². The molecule has 1 amide bonds. The van der Waals surface area contributed by atoms with Crippen molar-refractivity contribution in [2.24, 2.45) is 0 Å². The Balaban J connectivity index is 0.000000170. The number of rotatable bonds is 6. The van der Waals surface area contributed by atoms with Crippen molar-refractivity contribution in [1.82, 2.24) is 19.9 Å². The molecule has 11 heteroatoms. The van der Waals surface area contributed by atoms with E-state index in [1.165, 1.54) is 0 Å². The maximum Gasteiger partial charge on any atom is 0.259 e. The van der Waals surface area contributed by atoms with E-state index in [0.717, 1.165) is 33.9 Å². The Hall–Kier alpha value is -4.63. The molecule has 0 radical (unpaired) electrons. The highest BCUT2D eigenvalue weighted by Gasteiger charge is 2.18. The van der Waals surface area contributed by atoms with Crippen LogP contribution in [-0.4, -0.2) is 44.2 Å². The molecule has 2 heterocycles. The number of amides is 1. The molecule has 0 aliphatic heterocycles. The molecule has 8 nitrogen and oxygen atoms in total. The molecule has 0 bridgehead atoms. The molecule has 0 aliphatic rings. The lowest BCUT2D eigenvalue weighted by atomic mass is 10.1. The fourth-order valence-electron chi connectivity index (χ4n) is 4.29. The lowest BCUT2D eigenvalue weighted by Crippen LogP contribution is -2.31. The number of nitrogens with zero attached hydrogens (tertiary/aromatic N) is 5. The van der Waals surface area contributed by atoms with Crippen molar-refractivity contribution in [3.63, 3.8) is 0 Å². The van der Waals surface area contributed by atoms with Crippen LogP contribution < -0.4 is 10.2 Å². The van der Waals surface area contributed by atoms with Crippen LogP contribution in [0, 0.1) is 0 Å². The van der Waals surface area contributed by atoms with Gasteiger partial charge in [0.05, 0.1) is 0 Å². The van der Waals surface area contributed by atoms with Crippen LogP contribution in [0.15, 0.2) is 109 Å². The van der Waals surface area contributed by atoms with Crippen molar-refractivity contribution in [2.75, 3.05) is 23.3 Å². The fourth-order valence-corrected chi connectivity index (χ4v) is 4.70. The first kappa shape index (κ1) is 33.3. The standard InChI is InChI=1S/C17H14ClN3O.C11H7ClO.C6H8ClN3/c1-2-21(15-9-10-19-17(18)20-15)16(22)14-8-7-12-5-3-4-6-13(12)11-14;12-11(13)10-6-5-8-3-1-2-4-9(8)7-10;1-2-8-5-3-4-9-6(7)10-5/h3-11H,2H2,1H3;1-7H;3-4H,2H2,1H3,(H,8,9,10). The normalized spacial score (nSPS) is 10.2. The third-order valence-corrected chi connectivity index (χ3v) is 6.99. The van der Waals surface area contributed by atoms with Crippen LogP contribution in [0.3, 0.4) is 0 Å². The zero-order valence-corrected chi connectivity index (χ0v) is 26.8. The van der Waals surface area contributed by atoms with Crippen molar-refractivity contribution < 1.29 is 9.59 Å². The zero-order chi connectivity index (χ0) is 32.2. The first-order valence-electron chi connectivity index (χ1n) is 14.0. The number of aromatic nitrogens is 4. The average Bonchev–Trinajstić information content (AvgIpc) is 3.05. The van der Waals surface area contributed by atoms with Gasteiger partial charge in [0.15, 0.2) is 0 Å². The molecule has 4 aromatic carbocycles. The maximum absolute atomic E-state index is 12.8. The second-order valence-corrected chi connectivity index (χ2v) is 10.4. The summed E-state index contributed by atoms with van der Waals surface area (Å²) in [6, 6.07) is 30.3. The van der Waals surface area contributed by atoms with E-state index >= 15 is 0 Å². The molecule has 0 aliphatic carbocycles. The number of benzene rings is 4. The quantitative estimate of drug-likeness (QED) is 0.141. The summed E-state index contributed by atoms with van der Waals surface area (Å²) in [6.45, 7) is 5.23. The van der Waals surface area contributed by atoms with Crippen LogP contribution >= 0.6 is 34.8 Å². The first-order valence-corrected chi connectivity index (χ1v) is 15.1. The van der Waals surface area contributed by atoms with Gasteiger partial charge in [-0.15, -0.1) is 0 Å². The van der Waals surface area contributed by atoms with Crippen LogP contribution in [0.25, 0.3) is 21.5 Å². The number of hydrogen-bond donors (Lipinski definition) is 1.